The highest BCUT2D eigenvalue weighted by atomic mass is 79.9. The minimum absolute atomic E-state index is 0.0271. The fourth-order valence-corrected chi connectivity index (χ4v) is 1.66. The van der Waals surface area contributed by atoms with Crippen molar-refractivity contribution in [2.75, 3.05) is 0 Å². The molecule has 4 heteroatoms. The van der Waals surface area contributed by atoms with Gasteiger partial charge in [0.2, 0.25) is 0 Å². The van der Waals surface area contributed by atoms with Crippen LogP contribution in [0.25, 0.3) is 0 Å². The molecule has 13 heavy (non-hydrogen) atoms. The monoisotopic (exact) mass is 245 g/mol. The van der Waals surface area contributed by atoms with E-state index < -0.39 is 11.7 Å². The predicted octanol–water partition coefficient (Wildman–Crippen LogP) is 2.30. The highest BCUT2D eigenvalue weighted by molar-refractivity contribution is 9.10. The van der Waals surface area contributed by atoms with Crippen LogP contribution in [0.5, 0.6) is 0 Å². The second-order valence-electron chi connectivity index (χ2n) is 2.85. The highest BCUT2D eigenvalue weighted by Crippen LogP contribution is 2.24. The van der Waals surface area contributed by atoms with E-state index in [4.69, 9.17) is 5.73 Å². The Morgan fingerprint density at radius 3 is 2.54 bits per heavy atom. The fraction of sp³-hybridized carbons (Fsp3) is 0.222. The third-order valence-corrected chi connectivity index (χ3v) is 2.71. The maximum Gasteiger partial charge on any atom is 0.251 e. The SMILES string of the molecule is Cc1cc(Br)c(C)c(F)c1C(N)=O. The smallest absolute Gasteiger partial charge is 0.251 e. The Morgan fingerprint density at radius 1 is 1.54 bits per heavy atom. The molecule has 0 bridgehead atoms. The summed E-state index contributed by atoms with van der Waals surface area (Å²) in [6.45, 7) is 3.23. The van der Waals surface area contributed by atoms with Gasteiger partial charge in [-0.2, -0.15) is 0 Å². The van der Waals surface area contributed by atoms with Gasteiger partial charge in [0.1, 0.15) is 5.82 Å². The molecule has 0 fully saturated rings. The molecule has 2 nitrogen and oxygen atoms in total. The first-order valence-corrected chi connectivity index (χ1v) is 4.49. The average Bonchev–Trinajstić information content (AvgIpc) is 1.99. The summed E-state index contributed by atoms with van der Waals surface area (Å²) in [6.07, 6.45) is 0. The second-order valence-corrected chi connectivity index (χ2v) is 3.71. The molecule has 0 radical (unpaired) electrons. The zero-order valence-electron chi connectivity index (χ0n) is 7.32. The standard InChI is InChI=1S/C9H9BrFNO/c1-4-3-6(10)5(2)8(11)7(4)9(12)13/h3H,1-2H3,(H2,12,13). The molecule has 0 aromatic heterocycles. The Bertz CT molecular complexity index is 376. The lowest BCUT2D eigenvalue weighted by atomic mass is 10.0. The fourth-order valence-electron chi connectivity index (χ4n) is 1.14. The van der Waals surface area contributed by atoms with Gasteiger partial charge in [0.25, 0.3) is 5.91 Å². The molecule has 0 aliphatic heterocycles. The van der Waals surface area contributed by atoms with Gasteiger partial charge in [-0.25, -0.2) is 4.39 Å². The van der Waals surface area contributed by atoms with Crippen LogP contribution in [0, 0.1) is 19.7 Å². The summed E-state index contributed by atoms with van der Waals surface area (Å²) in [4.78, 5) is 10.9. The zero-order valence-corrected chi connectivity index (χ0v) is 8.90. The molecule has 1 amide bonds. The highest BCUT2D eigenvalue weighted by Gasteiger charge is 2.15. The van der Waals surface area contributed by atoms with Gasteiger partial charge in [0.15, 0.2) is 0 Å². The van der Waals surface area contributed by atoms with Crippen LogP contribution in [0.1, 0.15) is 21.5 Å². The van der Waals surface area contributed by atoms with Crippen LogP contribution in [0.3, 0.4) is 0 Å². The van der Waals surface area contributed by atoms with Crippen LogP contribution in [-0.2, 0) is 0 Å². The second kappa shape index (κ2) is 3.46. The van der Waals surface area contributed by atoms with E-state index in [0.29, 0.717) is 15.6 Å². The molecule has 0 atom stereocenters. The number of nitrogens with two attached hydrogens (primary N) is 1. The van der Waals surface area contributed by atoms with Crippen molar-refractivity contribution in [1.82, 2.24) is 0 Å². The van der Waals surface area contributed by atoms with Gasteiger partial charge in [-0.3, -0.25) is 4.79 Å². The van der Waals surface area contributed by atoms with Crippen LogP contribution < -0.4 is 5.73 Å². The number of amides is 1. The first-order chi connectivity index (χ1) is 5.95. The summed E-state index contributed by atoms with van der Waals surface area (Å²) in [6, 6.07) is 1.68. The third kappa shape index (κ3) is 1.72. The normalized spacial score (nSPS) is 10.2. The summed E-state index contributed by atoms with van der Waals surface area (Å²) in [5.41, 5.74) is 5.96. The van der Waals surface area contributed by atoms with E-state index in [2.05, 4.69) is 15.9 Å². The summed E-state index contributed by atoms with van der Waals surface area (Å²) < 4.78 is 14.1. The van der Waals surface area contributed by atoms with E-state index >= 15 is 0 Å². The van der Waals surface area contributed by atoms with Crippen LogP contribution >= 0.6 is 15.9 Å². The molecule has 1 aromatic rings. The number of halogens is 2. The van der Waals surface area contributed by atoms with Gasteiger partial charge in [-0.15, -0.1) is 0 Å². The number of carbonyl (C=O) groups is 1. The zero-order chi connectivity index (χ0) is 10.2. The molecule has 1 aromatic carbocycles. The van der Waals surface area contributed by atoms with Crippen molar-refractivity contribution >= 4 is 21.8 Å². The molecule has 0 saturated carbocycles. The Kier molecular flexibility index (Phi) is 2.71. The van der Waals surface area contributed by atoms with E-state index in [1.807, 2.05) is 0 Å². The summed E-state index contributed by atoms with van der Waals surface area (Å²) >= 11 is 3.19. The molecular formula is C9H9BrFNO. The lowest BCUT2D eigenvalue weighted by Crippen LogP contribution is -2.16. The van der Waals surface area contributed by atoms with Crippen LogP contribution in [0.15, 0.2) is 10.5 Å². The first-order valence-electron chi connectivity index (χ1n) is 3.70. The molecule has 0 unspecified atom stereocenters. The van der Waals surface area contributed by atoms with Crippen molar-refractivity contribution in [3.8, 4) is 0 Å². The summed E-state index contributed by atoms with van der Waals surface area (Å²) in [5.74, 6) is -1.27. The molecule has 2 N–H and O–H groups in total. The lowest BCUT2D eigenvalue weighted by Gasteiger charge is -2.07. The minimum atomic E-state index is -0.731. The number of aryl methyl sites for hydroxylation is 1. The van der Waals surface area contributed by atoms with Gasteiger partial charge >= 0.3 is 0 Å². The average molecular weight is 246 g/mol. The van der Waals surface area contributed by atoms with Crippen molar-refractivity contribution in [1.29, 1.82) is 0 Å². The number of rotatable bonds is 1. The van der Waals surface area contributed by atoms with Gasteiger partial charge < -0.3 is 5.73 Å². The van der Waals surface area contributed by atoms with Gasteiger partial charge in [-0.05, 0) is 31.0 Å². The first kappa shape index (κ1) is 10.2. The molecule has 0 saturated heterocycles. The largest absolute Gasteiger partial charge is 0.365 e. The van der Waals surface area contributed by atoms with E-state index in [1.54, 1.807) is 19.9 Å². The Balaban J connectivity index is 3.53. The Morgan fingerprint density at radius 2 is 2.08 bits per heavy atom. The van der Waals surface area contributed by atoms with Crippen molar-refractivity contribution < 1.29 is 9.18 Å². The van der Waals surface area contributed by atoms with E-state index in [1.165, 1.54) is 0 Å². The molecule has 0 spiro atoms. The number of benzene rings is 1. The van der Waals surface area contributed by atoms with Gasteiger partial charge in [-0.1, -0.05) is 15.9 Å². The van der Waals surface area contributed by atoms with E-state index in [-0.39, 0.29) is 5.56 Å². The van der Waals surface area contributed by atoms with Crippen molar-refractivity contribution in [3.05, 3.63) is 33.0 Å². The number of hydrogen-bond donors (Lipinski definition) is 1. The van der Waals surface area contributed by atoms with Crippen LogP contribution in [-0.4, -0.2) is 5.91 Å². The Labute approximate surface area is 84.1 Å². The number of primary amides is 1. The van der Waals surface area contributed by atoms with Crippen LogP contribution in [0.2, 0.25) is 0 Å². The molecule has 0 aliphatic rings. The van der Waals surface area contributed by atoms with E-state index in [0.717, 1.165) is 0 Å². The van der Waals surface area contributed by atoms with Crippen LogP contribution in [0.4, 0.5) is 4.39 Å². The number of carbonyl (C=O) groups excluding carboxylic acids is 1. The molecule has 70 valence electrons. The molecule has 0 heterocycles. The van der Waals surface area contributed by atoms with Crippen molar-refractivity contribution in [3.63, 3.8) is 0 Å². The summed E-state index contributed by atoms with van der Waals surface area (Å²) in [7, 11) is 0. The topological polar surface area (TPSA) is 43.1 Å². The van der Waals surface area contributed by atoms with E-state index in [9.17, 15) is 9.18 Å². The van der Waals surface area contributed by atoms with Gasteiger partial charge in [0.05, 0.1) is 5.56 Å². The maximum absolute atomic E-state index is 13.4. The van der Waals surface area contributed by atoms with Crippen molar-refractivity contribution in [2.45, 2.75) is 13.8 Å². The Hall–Kier alpha value is -0.900. The van der Waals surface area contributed by atoms with Crippen molar-refractivity contribution in [2.24, 2.45) is 5.73 Å². The lowest BCUT2D eigenvalue weighted by molar-refractivity contribution is 0.0995. The molecular weight excluding hydrogens is 237 g/mol. The predicted molar refractivity (Wildman–Crippen MR) is 52.1 cm³/mol. The van der Waals surface area contributed by atoms with Gasteiger partial charge in [0, 0.05) is 4.47 Å². The maximum atomic E-state index is 13.4. The minimum Gasteiger partial charge on any atom is -0.365 e. The number of hydrogen-bond acceptors (Lipinski definition) is 1. The quantitative estimate of drug-likeness (QED) is 0.811. The third-order valence-electron chi connectivity index (χ3n) is 1.89. The molecule has 1 rings (SSSR count). The molecule has 0 aliphatic carbocycles. The summed E-state index contributed by atoms with van der Waals surface area (Å²) in [5, 5.41) is 0.